The molecule has 4 rings (SSSR count). The maximum atomic E-state index is 13.6. The average molecular weight is 465 g/mol. The molecule has 0 saturated carbocycles. The number of benzene rings is 2. The summed E-state index contributed by atoms with van der Waals surface area (Å²) in [5.41, 5.74) is 2.10. The van der Waals surface area contributed by atoms with Gasteiger partial charge in [0.2, 0.25) is 0 Å². The van der Waals surface area contributed by atoms with E-state index < -0.39 is 12.0 Å². The molecule has 0 radical (unpaired) electrons. The summed E-state index contributed by atoms with van der Waals surface area (Å²) in [7, 11) is 3.16. The Morgan fingerprint density at radius 1 is 1.15 bits per heavy atom. The zero-order valence-electron chi connectivity index (χ0n) is 18.8. The maximum Gasteiger partial charge on any atom is 0.338 e. The summed E-state index contributed by atoms with van der Waals surface area (Å²) in [6.07, 6.45) is 1.80. The van der Waals surface area contributed by atoms with Gasteiger partial charge < -0.3 is 14.2 Å². The number of esters is 1. The topological polar surface area (TPSA) is 79.1 Å². The predicted molar refractivity (Wildman–Crippen MR) is 126 cm³/mol. The second kappa shape index (κ2) is 9.46. The third-order valence-corrected chi connectivity index (χ3v) is 6.33. The molecule has 0 fully saturated rings. The van der Waals surface area contributed by atoms with Crippen LogP contribution in [0.3, 0.4) is 0 Å². The van der Waals surface area contributed by atoms with Crippen molar-refractivity contribution in [2.45, 2.75) is 19.9 Å². The van der Waals surface area contributed by atoms with Gasteiger partial charge in [-0.15, -0.1) is 0 Å². The van der Waals surface area contributed by atoms with E-state index in [-0.39, 0.29) is 12.2 Å². The Bertz CT molecular complexity index is 1420. The molecule has 8 heteroatoms. The summed E-state index contributed by atoms with van der Waals surface area (Å²) in [5, 5.41) is 0. The summed E-state index contributed by atoms with van der Waals surface area (Å²) in [5.74, 6) is 0.766. The molecule has 7 nitrogen and oxygen atoms in total. The van der Waals surface area contributed by atoms with Gasteiger partial charge in [0.1, 0.15) is 17.5 Å². The van der Waals surface area contributed by atoms with Crippen molar-refractivity contribution in [1.29, 1.82) is 0 Å². The van der Waals surface area contributed by atoms with Gasteiger partial charge in [-0.05, 0) is 43.7 Å². The van der Waals surface area contributed by atoms with E-state index in [0.29, 0.717) is 37.7 Å². The Labute approximate surface area is 194 Å². The summed E-state index contributed by atoms with van der Waals surface area (Å²) in [6.45, 7) is 3.72. The number of nitrogens with zero attached hydrogens (tertiary/aromatic N) is 2. The summed E-state index contributed by atoms with van der Waals surface area (Å²) >= 11 is 1.27. The summed E-state index contributed by atoms with van der Waals surface area (Å²) in [6, 6.07) is 14.1. The number of fused-ring (bicyclic) bond motifs is 1. The van der Waals surface area contributed by atoms with Crippen LogP contribution < -0.4 is 24.4 Å². The zero-order chi connectivity index (χ0) is 23.5. The van der Waals surface area contributed by atoms with E-state index in [1.54, 1.807) is 44.8 Å². The zero-order valence-corrected chi connectivity index (χ0v) is 19.6. The highest BCUT2D eigenvalue weighted by Crippen LogP contribution is 2.35. The number of ether oxygens (including phenoxy) is 3. The van der Waals surface area contributed by atoms with E-state index in [1.165, 1.54) is 11.3 Å². The van der Waals surface area contributed by atoms with Gasteiger partial charge in [0.25, 0.3) is 5.56 Å². The third kappa shape index (κ3) is 4.21. The van der Waals surface area contributed by atoms with Gasteiger partial charge in [-0.3, -0.25) is 9.36 Å². The fourth-order valence-corrected chi connectivity index (χ4v) is 4.91. The van der Waals surface area contributed by atoms with Crippen molar-refractivity contribution in [3.05, 3.63) is 90.6 Å². The van der Waals surface area contributed by atoms with Crippen LogP contribution in [0.4, 0.5) is 0 Å². The maximum absolute atomic E-state index is 13.6. The van der Waals surface area contributed by atoms with Crippen LogP contribution in [0, 0.1) is 0 Å². The lowest BCUT2D eigenvalue weighted by atomic mass is 9.95. The van der Waals surface area contributed by atoms with Crippen molar-refractivity contribution in [1.82, 2.24) is 4.57 Å². The molecule has 1 aliphatic heterocycles. The van der Waals surface area contributed by atoms with Crippen LogP contribution in [0.5, 0.6) is 11.5 Å². The van der Waals surface area contributed by atoms with Crippen molar-refractivity contribution >= 4 is 23.4 Å². The lowest BCUT2D eigenvalue weighted by Gasteiger charge is -2.25. The highest BCUT2D eigenvalue weighted by Gasteiger charge is 2.34. The summed E-state index contributed by atoms with van der Waals surface area (Å²) < 4.78 is 18.2. The second-order valence-corrected chi connectivity index (χ2v) is 8.33. The smallest absolute Gasteiger partial charge is 0.338 e. The molecule has 0 aliphatic carbocycles. The fourth-order valence-electron chi connectivity index (χ4n) is 3.86. The monoisotopic (exact) mass is 464 g/mol. The van der Waals surface area contributed by atoms with Crippen molar-refractivity contribution < 1.29 is 19.0 Å². The molecule has 0 bridgehead atoms. The molecule has 2 aromatic carbocycles. The Hall–Kier alpha value is -3.65. The third-order valence-electron chi connectivity index (χ3n) is 5.34. The molecule has 33 heavy (non-hydrogen) atoms. The predicted octanol–water partition coefficient (Wildman–Crippen LogP) is 2.82. The van der Waals surface area contributed by atoms with Crippen LogP contribution in [0.15, 0.2) is 69.6 Å². The number of thiazole rings is 1. The van der Waals surface area contributed by atoms with Crippen molar-refractivity contribution in [3.8, 4) is 11.5 Å². The SMILES string of the molecule is CCOC(=O)C1=C(C)N=c2sc(=Cc3cccc(OC)c3)c(=O)n2C1c1ccccc1OC. The molecular formula is C25H24N2O5S. The van der Waals surface area contributed by atoms with E-state index in [4.69, 9.17) is 14.2 Å². The van der Waals surface area contributed by atoms with Gasteiger partial charge >= 0.3 is 5.97 Å². The first-order chi connectivity index (χ1) is 16.0. The van der Waals surface area contributed by atoms with Gasteiger partial charge in [-0.1, -0.05) is 41.7 Å². The van der Waals surface area contributed by atoms with E-state index in [9.17, 15) is 9.59 Å². The van der Waals surface area contributed by atoms with Crippen LogP contribution in [-0.4, -0.2) is 31.4 Å². The van der Waals surface area contributed by atoms with Gasteiger partial charge in [0, 0.05) is 5.56 Å². The molecule has 3 aromatic rings. The normalized spacial score (nSPS) is 15.6. The largest absolute Gasteiger partial charge is 0.497 e. The fraction of sp³-hybridized carbons (Fsp3) is 0.240. The highest BCUT2D eigenvalue weighted by atomic mass is 32.1. The lowest BCUT2D eigenvalue weighted by Crippen LogP contribution is -2.40. The Morgan fingerprint density at radius 2 is 1.94 bits per heavy atom. The Kier molecular flexibility index (Phi) is 6.46. The number of hydrogen-bond donors (Lipinski definition) is 0. The number of allylic oxidation sites excluding steroid dienone is 1. The van der Waals surface area contributed by atoms with Gasteiger partial charge in [-0.2, -0.15) is 0 Å². The van der Waals surface area contributed by atoms with Crippen LogP contribution in [0.2, 0.25) is 0 Å². The Morgan fingerprint density at radius 3 is 2.67 bits per heavy atom. The van der Waals surface area contributed by atoms with Gasteiger partial charge in [-0.25, -0.2) is 9.79 Å². The number of methoxy groups -OCH3 is 2. The number of hydrogen-bond acceptors (Lipinski definition) is 7. The standard InChI is InChI=1S/C25H24N2O5S/c1-5-32-24(29)21-15(2)26-25-27(22(21)18-11-6-7-12-19(18)31-4)23(28)20(33-25)14-16-9-8-10-17(13-16)30-3/h6-14,22H,5H2,1-4H3. The van der Waals surface area contributed by atoms with Crippen LogP contribution >= 0.6 is 11.3 Å². The molecule has 170 valence electrons. The Balaban J connectivity index is 1.98. The number of carbonyl (C=O) groups is 1. The van der Waals surface area contributed by atoms with Crippen LogP contribution in [-0.2, 0) is 9.53 Å². The number of aromatic nitrogens is 1. The molecule has 0 spiro atoms. The second-order valence-electron chi connectivity index (χ2n) is 7.32. The molecule has 1 unspecified atom stereocenters. The van der Waals surface area contributed by atoms with Crippen molar-refractivity contribution in [3.63, 3.8) is 0 Å². The van der Waals surface area contributed by atoms with E-state index >= 15 is 0 Å². The number of carbonyl (C=O) groups excluding carboxylic acids is 1. The molecule has 0 saturated heterocycles. The quantitative estimate of drug-likeness (QED) is 0.524. The van der Waals surface area contributed by atoms with Crippen LogP contribution in [0.1, 0.15) is 31.0 Å². The first-order valence-corrected chi connectivity index (χ1v) is 11.3. The molecular weight excluding hydrogens is 440 g/mol. The molecule has 1 aliphatic rings. The molecule has 0 amide bonds. The molecule has 0 N–H and O–H groups in total. The van der Waals surface area contributed by atoms with Gasteiger partial charge in [0.15, 0.2) is 4.80 Å². The van der Waals surface area contributed by atoms with E-state index in [1.807, 2.05) is 42.5 Å². The van der Waals surface area contributed by atoms with E-state index in [0.717, 1.165) is 5.56 Å². The van der Waals surface area contributed by atoms with E-state index in [2.05, 4.69) is 4.99 Å². The molecule has 1 aromatic heterocycles. The average Bonchev–Trinajstić information content (AvgIpc) is 3.12. The lowest BCUT2D eigenvalue weighted by molar-refractivity contribution is -0.139. The number of rotatable bonds is 6. The minimum Gasteiger partial charge on any atom is -0.497 e. The van der Waals surface area contributed by atoms with Crippen molar-refractivity contribution in [2.75, 3.05) is 20.8 Å². The summed E-state index contributed by atoms with van der Waals surface area (Å²) in [4.78, 5) is 31.7. The molecule has 2 heterocycles. The minimum atomic E-state index is -0.719. The first kappa shape index (κ1) is 22.5. The highest BCUT2D eigenvalue weighted by molar-refractivity contribution is 7.07. The van der Waals surface area contributed by atoms with Crippen LogP contribution in [0.25, 0.3) is 6.08 Å². The molecule has 1 atom stereocenters. The van der Waals surface area contributed by atoms with Gasteiger partial charge in [0.05, 0.1) is 36.6 Å². The first-order valence-electron chi connectivity index (χ1n) is 10.4. The van der Waals surface area contributed by atoms with Crippen molar-refractivity contribution in [2.24, 2.45) is 4.99 Å². The minimum absolute atomic E-state index is 0.217. The number of para-hydroxylation sites is 1.